The summed E-state index contributed by atoms with van der Waals surface area (Å²) in [4.78, 5) is 12.6. The van der Waals surface area contributed by atoms with E-state index in [-0.39, 0.29) is 5.25 Å². The van der Waals surface area contributed by atoms with E-state index in [0.29, 0.717) is 25.6 Å². The molecule has 3 heterocycles. The van der Waals surface area contributed by atoms with E-state index >= 15 is 0 Å². The van der Waals surface area contributed by atoms with Crippen molar-refractivity contribution in [2.45, 2.75) is 37.6 Å². The number of anilines is 1. The third kappa shape index (κ3) is 2.99. The van der Waals surface area contributed by atoms with E-state index in [1.807, 2.05) is 6.20 Å². The van der Waals surface area contributed by atoms with E-state index in [4.69, 9.17) is 0 Å². The van der Waals surface area contributed by atoms with Gasteiger partial charge in [-0.25, -0.2) is 18.4 Å². The minimum atomic E-state index is -3.13. The van der Waals surface area contributed by atoms with Crippen molar-refractivity contribution in [3.05, 3.63) is 47.5 Å². The Morgan fingerprint density at radius 2 is 2.00 bits per heavy atom. The number of pyridine rings is 1. The van der Waals surface area contributed by atoms with Crippen LogP contribution in [0, 0.1) is 0 Å². The summed E-state index contributed by atoms with van der Waals surface area (Å²) in [5, 5.41) is 3.03. The number of sulfonamides is 1. The van der Waals surface area contributed by atoms with Crippen molar-refractivity contribution < 1.29 is 8.42 Å². The van der Waals surface area contributed by atoms with Gasteiger partial charge in [0.2, 0.25) is 16.0 Å². The first-order chi connectivity index (χ1) is 11.6. The summed E-state index contributed by atoms with van der Waals surface area (Å²) in [6.45, 7) is 1.55. The Bertz CT molecular complexity index is 837. The Hall–Kier alpha value is -2.06. The third-order valence-corrected chi connectivity index (χ3v) is 6.85. The van der Waals surface area contributed by atoms with Crippen LogP contribution < -0.4 is 5.32 Å². The molecule has 126 valence electrons. The van der Waals surface area contributed by atoms with Crippen LogP contribution in [0.5, 0.6) is 0 Å². The van der Waals surface area contributed by atoms with Crippen LogP contribution in [-0.2, 0) is 29.5 Å². The highest BCUT2D eigenvalue weighted by atomic mass is 32.2. The molecule has 1 saturated carbocycles. The molecule has 0 radical (unpaired) electrons. The molecule has 0 aromatic carbocycles. The maximum absolute atomic E-state index is 12.4. The van der Waals surface area contributed by atoms with Crippen molar-refractivity contribution in [2.24, 2.45) is 0 Å². The highest BCUT2D eigenvalue weighted by Gasteiger charge is 2.41. The van der Waals surface area contributed by atoms with Crippen LogP contribution in [0.1, 0.15) is 29.5 Å². The van der Waals surface area contributed by atoms with E-state index in [2.05, 4.69) is 20.3 Å². The first-order valence-electron chi connectivity index (χ1n) is 8.09. The zero-order chi connectivity index (χ0) is 16.6. The second kappa shape index (κ2) is 6.10. The molecule has 1 aliphatic carbocycles. The highest BCUT2D eigenvalue weighted by Crippen LogP contribution is 2.34. The SMILES string of the molecule is O=S(=O)(C1CC1)N1CCc2c(CNc3ncccn3)cncc2C1. The Morgan fingerprint density at radius 3 is 2.75 bits per heavy atom. The number of hydrogen-bond donors (Lipinski definition) is 1. The molecule has 2 aromatic rings. The molecule has 0 amide bonds. The average Bonchev–Trinajstić information content (AvgIpc) is 3.46. The standard InChI is InChI=1S/C16H19N5O2S/c22-24(23,14-2-3-14)21-7-4-15-12(8-17-9-13(15)11-21)10-20-16-18-5-1-6-19-16/h1,5-6,8-9,14H,2-4,7,10-11H2,(H,18,19,20). The number of fused-ring (bicyclic) bond motifs is 1. The van der Waals surface area contributed by atoms with Crippen LogP contribution in [0.3, 0.4) is 0 Å². The smallest absolute Gasteiger partial charge is 0.222 e. The molecule has 4 rings (SSSR count). The molecule has 24 heavy (non-hydrogen) atoms. The largest absolute Gasteiger partial charge is 0.350 e. The topological polar surface area (TPSA) is 88.1 Å². The van der Waals surface area contributed by atoms with E-state index in [0.717, 1.165) is 30.4 Å². The number of aromatic nitrogens is 3. The third-order valence-electron chi connectivity index (χ3n) is 4.50. The average molecular weight is 345 g/mol. The number of rotatable bonds is 5. The predicted octanol–water partition coefficient (Wildman–Crippen LogP) is 1.33. The quantitative estimate of drug-likeness (QED) is 0.880. The number of hydrogen-bond acceptors (Lipinski definition) is 6. The van der Waals surface area contributed by atoms with Gasteiger partial charge in [0.15, 0.2) is 0 Å². The molecular weight excluding hydrogens is 326 g/mol. The first-order valence-corrected chi connectivity index (χ1v) is 9.59. The Morgan fingerprint density at radius 1 is 1.21 bits per heavy atom. The van der Waals surface area contributed by atoms with Crippen LogP contribution in [0.4, 0.5) is 5.95 Å². The lowest BCUT2D eigenvalue weighted by Gasteiger charge is -2.29. The molecule has 1 fully saturated rings. The van der Waals surface area contributed by atoms with E-state index in [1.165, 1.54) is 5.56 Å². The van der Waals surface area contributed by atoms with Crippen molar-refractivity contribution in [1.29, 1.82) is 0 Å². The fraction of sp³-hybridized carbons (Fsp3) is 0.438. The van der Waals surface area contributed by atoms with Crippen molar-refractivity contribution in [3.63, 3.8) is 0 Å². The minimum Gasteiger partial charge on any atom is -0.350 e. The molecule has 0 bridgehead atoms. The summed E-state index contributed by atoms with van der Waals surface area (Å²) in [5.41, 5.74) is 3.26. The van der Waals surface area contributed by atoms with Gasteiger partial charge in [-0.1, -0.05) is 0 Å². The zero-order valence-corrected chi connectivity index (χ0v) is 14.0. The number of nitrogens with one attached hydrogen (secondary N) is 1. The van der Waals surface area contributed by atoms with Gasteiger partial charge in [0.05, 0.1) is 5.25 Å². The lowest BCUT2D eigenvalue weighted by atomic mass is 9.98. The number of nitrogens with zero attached hydrogens (tertiary/aromatic N) is 4. The lowest BCUT2D eigenvalue weighted by molar-refractivity contribution is 0.389. The maximum atomic E-state index is 12.4. The molecule has 1 N–H and O–H groups in total. The van der Waals surface area contributed by atoms with E-state index < -0.39 is 10.0 Å². The van der Waals surface area contributed by atoms with Crippen LogP contribution in [0.15, 0.2) is 30.9 Å². The molecule has 0 spiro atoms. The summed E-state index contributed by atoms with van der Waals surface area (Å²) in [6.07, 6.45) is 9.31. The van der Waals surface area contributed by atoms with Gasteiger partial charge in [-0.2, -0.15) is 4.31 Å². The molecule has 8 heteroatoms. The summed E-state index contributed by atoms with van der Waals surface area (Å²) >= 11 is 0. The Kier molecular flexibility index (Phi) is 3.93. The molecular formula is C16H19N5O2S. The molecule has 7 nitrogen and oxygen atoms in total. The van der Waals surface area contributed by atoms with Gasteiger partial charge in [0, 0.05) is 44.4 Å². The van der Waals surface area contributed by atoms with Gasteiger partial charge in [-0.15, -0.1) is 0 Å². The molecule has 0 atom stereocenters. The fourth-order valence-electron chi connectivity index (χ4n) is 3.05. The normalized spacial score (nSPS) is 18.2. The highest BCUT2D eigenvalue weighted by molar-refractivity contribution is 7.90. The molecule has 0 saturated heterocycles. The summed E-state index contributed by atoms with van der Waals surface area (Å²) in [6, 6.07) is 1.77. The van der Waals surface area contributed by atoms with Gasteiger partial charge in [-0.3, -0.25) is 4.98 Å². The fourth-order valence-corrected chi connectivity index (χ4v) is 4.87. The molecule has 0 unspecified atom stereocenters. The van der Waals surface area contributed by atoms with Gasteiger partial charge in [0.25, 0.3) is 0 Å². The van der Waals surface area contributed by atoms with Crippen molar-refractivity contribution in [3.8, 4) is 0 Å². The first kappa shape index (κ1) is 15.5. The van der Waals surface area contributed by atoms with Crippen molar-refractivity contribution in [1.82, 2.24) is 19.3 Å². The van der Waals surface area contributed by atoms with Crippen LogP contribution in [0.2, 0.25) is 0 Å². The monoisotopic (exact) mass is 345 g/mol. The summed E-state index contributed by atoms with van der Waals surface area (Å²) in [5.74, 6) is 0.573. The van der Waals surface area contributed by atoms with Crippen LogP contribution in [0.25, 0.3) is 0 Å². The zero-order valence-electron chi connectivity index (χ0n) is 13.2. The van der Waals surface area contributed by atoms with Gasteiger partial charge >= 0.3 is 0 Å². The second-order valence-corrected chi connectivity index (χ2v) is 8.40. The maximum Gasteiger partial charge on any atom is 0.222 e. The summed E-state index contributed by atoms with van der Waals surface area (Å²) in [7, 11) is -3.13. The second-order valence-electron chi connectivity index (χ2n) is 6.19. The predicted molar refractivity (Wildman–Crippen MR) is 89.7 cm³/mol. The van der Waals surface area contributed by atoms with Crippen molar-refractivity contribution in [2.75, 3.05) is 11.9 Å². The Labute approximate surface area is 141 Å². The van der Waals surface area contributed by atoms with Gasteiger partial charge in [0.1, 0.15) is 0 Å². The van der Waals surface area contributed by atoms with E-state index in [9.17, 15) is 8.42 Å². The Balaban J connectivity index is 1.51. The van der Waals surface area contributed by atoms with E-state index in [1.54, 1.807) is 29.0 Å². The van der Waals surface area contributed by atoms with Gasteiger partial charge < -0.3 is 5.32 Å². The van der Waals surface area contributed by atoms with Crippen LogP contribution in [-0.4, -0.2) is 39.5 Å². The lowest BCUT2D eigenvalue weighted by Crippen LogP contribution is -2.38. The summed E-state index contributed by atoms with van der Waals surface area (Å²) < 4.78 is 26.5. The molecule has 1 aliphatic heterocycles. The van der Waals surface area contributed by atoms with Gasteiger partial charge in [-0.05, 0) is 42.0 Å². The molecule has 2 aromatic heterocycles. The molecule has 2 aliphatic rings. The minimum absolute atomic E-state index is 0.160. The van der Waals surface area contributed by atoms with Crippen LogP contribution >= 0.6 is 0 Å². The van der Waals surface area contributed by atoms with Crippen molar-refractivity contribution >= 4 is 16.0 Å².